The van der Waals surface area contributed by atoms with Gasteiger partial charge in [-0.2, -0.15) is 0 Å². The summed E-state index contributed by atoms with van der Waals surface area (Å²) in [4.78, 5) is 12.2. The molecule has 5 heteroatoms. The first-order valence-corrected chi connectivity index (χ1v) is 8.32. The molecule has 1 aromatic carbocycles. The highest BCUT2D eigenvalue weighted by atomic mass is 35.5. The molecule has 0 saturated heterocycles. The zero-order chi connectivity index (χ0) is 16.2. The molecule has 0 aliphatic heterocycles. The Morgan fingerprint density at radius 1 is 1.26 bits per heavy atom. The van der Waals surface area contributed by atoms with E-state index in [-0.39, 0.29) is 17.8 Å². The van der Waals surface area contributed by atoms with Crippen molar-refractivity contribution in [2.24, 2.45) is 5.92 Å². The maximum absolute atomic E-state index is 12.2. The van der Waals surface area contributed by atoms with Crippen LogP contribution in [0.3, 0.4) is 0 Å². The third-order valence-corrected chi connectivity index (χ3v) is 4.61. The average molecular weight is 334 g/mol. The smallest absolute Gasteiger partial charge is 0.287 e. The van der Waals surface area contributed by atoms with E-state index in [9.17, 15) is 9.90 Å². The molecule has 2 atom stereocenters. The molecule has 1 aromatic heterocycles. The summed E-state index contributed by atoms with van der Waals surface area (Å²) in [5.41, 5.74) is 0.767. The van der Waals surface area contributed by atoms with Gasteiger partial charge >= 0.3 is 0 Å². The van der Waals surface area contributed by atoms with Gasteiger partial charge in [0.05, 0.1) is 11.1 Å². The lowest BCUT2D eigenvalue weighted by atomic mass is 9.87. The predicted molar refractivity (Wildman–Crippen MR) is 89.5 cm³/mol. The standard InChI is InChI=1S/C18H20ClNO3/c19-15-7-2-1-6-14(15)16-8-9-17(23-16)18(22)20-11-12-4-3-5-13(21)10-12/h1-2,6-9,12-13,21H,3-5,10-11H2,(H,20,22). The second kappa shape index (κ2) is 7.20. The highest BCUT2D eigenvalue weighted by molar-refractivity contribution is 6.33. The maximum atomic E-state index is 12.2. The number of rotatable bonds is 4. The van der Waals surface area contributed by atoms with E-state index >= 15 is 0 Å². The van der Waals surface area contributed by atoms with E-state index in [2.05, 4.69) is 5.32 Å². The van der Waals surface area contributed by atoms with Gasteiger partial charge in [-0.15, -0.1) is 0 Å². The quantitative estimate of drug-likeness (QED) is 0.892. The van der Waals surface area contributed by atoms with Crippen LogP contribution in [0.15, 0.2) is 40.8 Å². The van der Waals surface area contributed by atoms with Gasteiger partial charge in [0.25, 0.3) is 5.91 Å². The minimum absolute atomic E-state index is 0.233. The van der Waals surface area contributed by atoms with E-state index in [4.69, 9.17) is 16.0 Å². The molecule has 23 heavy (non-hydrogen) atoms. The molecule has 4 nitrogen and oxygen atoms in total. The van der Waals surface area contributed by atoms with Crippen molar-refractivity contribution in [1.29, 1.82) is 0 Å². The summed E-state index contributed by atoms with van der Waals surface area (Å²) in [7, 11) is 0. The highest BCUT2D eigenvalue weighted by Gasteiger charge is 2.21. The monoisotopic (exact) mass is 333 g/mol. The number of benzene rings is 1. The highest BCUT2D eigenvalue weighted by Crippen LogP contribution is 2.29. The molecule has 1 fully saturated rings. The SMILES string of the molecule is O=C(NCC1CCCC(O)C1)c1ccc(-c2ccccc2Cl)o1. The van der Waals surface area contributed by atoms with Crippen LogP contribution in [0.5, 0.6) is 0 Å². The number of aliphatic hydroxyl groups excluding tert-OH is 1. The summed E-state index contributed by atoms with van der Waals surface area (Å²) in [6.07, 6.45) is 3.44. The molecule has 0 radical (unpaired) electrons. The van der Waals surface area contributed by atoms with Crippen LogP contribution in [0.25, 0.3) is 11.3 Å². The van der Waals surface area contributed by atoms with Crippen LogP contribution in [-0.4, -0.2) is 23.7 Å². The second-order valence-corrected chi connectivity index (χ2v) is 6.45. The van der Waals surface area contributed by atoms with Gasteiger partial charge in [0.1, 0.15) is 5.76 Å². The zero-order valence-corrected chi connectivity index (χ0v) is 13.6. The Morgan fingerprint density at radius 3 is 2.87 bits per heavy atom. The van der Waals surface area contributed by atoms with Crippen molar-refractivity contribution in [1.82, 2.24) is 5.32 Å². The minimum Gasteiger partial charge on any atom is -0.451 e. The Hall–Kier alpha value is -1.78. The Morgan fingerprint density at radius 2 is 2.09 bits per heavy atom. The van der Waals surface area contributed by atoms with Crippen LogP contribution in [0.4, 0.5) is 0 Å². The largest absolute Gasteiger partial charge is 0.451 e. The molecule has 2 aromatic rings. The first-order valence-electron chi connectivity index (χ1n) is 7.94. The van der Waals surface area contributed by atoms with Crippen molar-refractivity contribution in [3.8, 4) is 11.3 Å². The summed E-state index contributed by atoms with van der Waals surface area (Å²) < 4.78 is 5.63. The molecule has 0 bridgehead atoms. The third kappa shape index (κ3) is 3.95. The van der Waals surface area contributed by atoms with Crippen molar-refractivity contribution in [2.75, 3.05) is 6.54 Å². The molecule has 1 aliphatic carbocycles. The summed E-state index contributed by atoms with van der Waals surface area (Å²) in [6, 6.07) is 10.8. The van der Waals surface area contributed by atoms with Gasteiger partial charge in [-0.25, -0.2) is 0 Å². The molecule has 2 unspecified atom stereocenters. The third-order valence-electron chi connectivity index (χ3n) is 4.28. The van der Waals surface area contributed by atoms with E-state index in [1.54, 1.807) is 18.2 Å². The number of aliphatic hydroxyl groups is 1. The average Bonchev–Trinajstić information content (AvgIpc) is 3.03. The predicted octanol–water partition coefficient (Wildman–Crippen LogP) is 3.88. The molecule has 122 valence electrons. The summed E-state index contributed by atoms with van der Waals surface area (Å²) in [5, 5.41) is 13.2. The number of hydrogen-bond donors (Lipinski definition) is 2. The molecular weight excluding hydrogens is 314 g/mol. The number of nitrogens with one attached hydrogen (secondary N) is 1. The van der Waals surface area contributed by atoms with Crippen molar-refractivity contribution < 1.29 is 14.3 Å². The molecule has 1 heterocycles. The lowest BCUT2D eigenvalue weighted by Gasteiger charge is -2.25. The maximum Gasteiger partial charge on any atom is 0.287 e. The van der Waals surface area contributed by atoms with Gasteiger partial charge in [-0.05, 0) is 49.4 Å². The number of carbonyl (C=O) groups excluding carboxylic acids is 1. The normalized spacial score (nSPS) is 21.1. The fraction of sp³-hybridized carbons (Fsp3) is 0.389. The van der Waals surface area contributed by atoms with E-state index in [0.29, 0.717) is 23.2 Å². The number of furan rings is 1. The number of amides is 1. The van der Waals surface area contributed by atoms with Gasteiger partial charge in [0, 0.05) is 12.1 Å². The van der Waals surface area contributed by atoms with E-state index in [0.717, 1.165) is 31.2 Å². The van der Waals surface area contributed by atoms with E-state index < -0.39 is 0 Å². The van der Waals surface area contributed by atoms with Gasteiger partial charge in [-0.1, -0.05) is 30.2 Å². The van der Waals surface area contributed by atoms with Crippen molar-refractivity contribution >= 4 is 17.5 Å². The lowest BCUT2D eigenvalue weighted by Crippen LogP contribution is -2.32. The number of carbonyl (C=O) groups is 1. The fourth-order valence-electron chi connectivity index (χ4n) is 3.04. The van der Waals surface area contributed by atoms with Gasteiger partial charge in [-0.3, -0.25) is 4.79 Å². The Labute approximate surface area is 140 Å². The van der Waals surface area contributed by atoms with Crippen molar-refractivity contribution in [3.63, 3.8) is 0 Å². The first-order chi connectivity index (χ1) is 11.1. The van der Waals surface area contributed by atoms with Crippen LogP contribution < -0.4 is 5.32 Å². The van der Waals surface area contributed by atoms with E-state index in [1.165, 1.54) is 0 Å². The molecular formula is C18H20ClNO3. The van der Waals surface area contributed by atoms with Crippen LogP contribution in [0.2, 0.25) is 5.02 Å². The van der Waals surface area contributed by atoms with Gasteiger partial charge < -0.3 is 14.8 Å². The Balaban J connectivity index is 1.61. The zero-order valence-electron chi connectivity index (χ0n) is 12.8. The van der Waals surface area contributed by atoms with Crippen molar-refractivity contribution in [3.05, 3.63) is 47.2 Å². The number of halogens is 1. The molecule has 0 spiro atoms. The molecule has 2 N–H and O–H groups in total. The summed E-state index contributed by atoms with van der Waals surface area (Å²) in [5.74, 6) is 0.953. The van der Waals surface area contributed by atoms with Crippen LogP contribution in [0.1, 0.15) is 36.2 Å². The first kappa shape index (κ1) is 16.1. The second-order valence-electron chi connectivity index (χ2n) is 6.04. The Bertz CT molecular complexity index is 682. The van der Waals surface area contributed by atoms with Crippen LogP contribution in [-0.2, 0) is 0 Å². The van der Waals surface area contributed by atoms with Crippen LogP contribution in [0, 0.1) is 5.92 Å². The molecule has 3 rings (SSSR count). The van der Waals surface area contributed by atoms with Crippen LogP contribution >= 0.6 is 11.6 Å². The topological polar surface area (TPSA) is 62.5 Å². The molecule has 1 saturated carbocycles. The summed E-state index contributed by atoms with van der Waals surface area (Å²) >= 11 is 6.14. The minimum atomic E-state index is -0.235. The van der Waals surface area contributed by atoms with Crippen molar-refractivity contribution in [2.45, 2.75) is 31.8 Å². The fourth-order valence-corrected chi connectivity index (χ4v) is 3.27. The Kier molecular flexibility index (Phi) is 5.03. The molecule has 1 aliphatic rings. The lowest BCUT2D eigenvalue weighted by molar-refractivity contribution is 0.0854. The summed E-state index contributed by atoms with van der Waals surface area (Å²) in [6.45, 7) is 0.567. The van der Waals surface area contributed by atoms with Gasteiger partial charge in [0.15, 0.2) is 5.76 Å². The number of hydrogen-bond acceptors (Lipinski definition) is 3. The van der Waals surface area contributed by atoms with Gasteiger partial charge in [0.2, 0.25) is 0 Å². The van der Waals surface area contributed by atoms with E-state index in [1.807, 2.05) is 18.2 Å². The molecule has 1 amide bonds.